The standard InChI is InChI=1S/C13H15N3O4/c17-12(9-5-6-9)14-7-8-15-13(18)10-3-1-2-4-11(10)16(19)20/h1-4,9H,5-8H2,(H,14,17)(H,15,18). The van der Waals surface area contributed by atoms with Gasteiger partial charge < -0.3 is 10.6 Å². The van der Waals surface area contributed by atoms with E-state index < -0.39 is 10.8 Å². The van der Waals surface area contributed by atoms with E-state index in [1.807, 2.05) is 0 Å². The second-order valence-electron chi connectivity index (χ2n) is 4.60. The number of nitrogens with one attached hydrogen (secondary N) is 2. The molecule has 0 spiro atoms. The first kappa shape index (κ1) is 14.0. The summed E-state index contributed by atoms with van der Waals surface area (Å²) in [5.41, 5.74) is -0.210. The second-order valence-corrected chi connectivity index (χ2v) is 4.60. The smallest absolute Gasteiger partial charge is 0.282 e. The van der Waals surface area contributed by atoms with Gasteiger partial charge in [-0.3, -0.25) is 19.7 Å². The number of para-hydroxylation sites is 1. The highest BCUT2D eigenvalue weighted by Crippen LogP contribution is 2.28. The summed E-state index contributed by atoms with van der Waals surface area (Å²) in [6, 6.07) is 5.75. The number of carbonyl (C=O) groups excluding carboxylic acids is 2. The molecule has 1 saturated carbocycles. The van der Waals surface area contributed by atoms with Gasteiger partial charge in [0.25, 0.3) is 11.6 Å². The molecule has 1 aromatic carbocycles. The molecule has 0 aliphatic heterocycles. The van der Waals surface area contributed by atoms with E-state index in [0.29, 0.717) is 6.54 Å². The van der Waals surface area contributed by atoms with E-state index in [-0.39, 0.29) is 29.6 Å². The van der Waals surface area contributed by atoms with Gasteiger partial charge in [-0.25, -0.2) is 0 Å². The lowest BCUT2D eigenvalue weighted by molar-refractivity contribution is -0.385. The predicted molar refractivity (Wildman–Crippen MR) is 71.2 cm³/mol. The third kappa shape index (κ3) is 3.53. The van der Waals surface area contributed by atoms with Crippen LogP contribution < -0.4 is 10.6 Å². The molecule has 106 valence electrons. The Morgan fingerprint density at radius 2 is 1.85 bits per heavy atom. The molecule has 1 aromatic rings. The van der Waals surface area contributed by atoms with Gasteiger partial charge in [-0.1, -0.05) is 12.1 Å². The molecule has 20 heavy (non-hydrogen) atoms. The van der Waals surface area contributed by atoms with Gasteiger partial charge in [0, 0.05) is 25.1 Å². The maximum atomic E-state index is 11.8. The molecule has 0 bridgehead atoms. The number of benzene rings is 1. The third-order valence-corrected chi connectivity index (χ3v) is 3.00. The van der Waals surface area contributed by atoms with Crippen molar-refractivity contribution < 1.29 is 14.5 Å². The van der Waals surface area contributed by atoms with Crippen molar-refractivity contribution in [2.45, 2.75) is 12.8 Å². The number of nitro groups is 1. The lowest BCUT2D eigenvalue weighted by atomic mass is 10.1. The zero-order chi connectivity index (χ0) is 14.5. The Morgan fingerprint density at radius 3 is 2.50 bits per heavy atom. The molecule has 1 aliphatic carbocycles. The van der Waals surface area contributed by atoms with Gasteiger partial charge >= 0.3 is 0 Å². The van der Waals surface area contributed by atoms with Crippen LogP contribution in [-0.2, 0) is 4.79 Å². The van der Waals surface area contributed by atoms with Gasteiger partial charge in [0.15, 0.2) is 0 Å². The van der Waals surface area contributed by atoms with E-state index in [1.54, 1.807) is 6.07 Å². The maximum absolute atomic E-state index is 11.8. The van der Waals surface area contributed by atoms with Crippen LogP contribution in [0.3, 0.4) is 0 Å². The van der Waals surface area contributed by atoms with E-state index in [2.05, 4.69) is 10.6 Å². The van der Waals surface area contributed by atoms with Crippen molar-refractivity contribution in [3.8, 4) is 0 Å². The first-order valence-corrected chi connectivity index (χ1v) is 6.39. The summed E-state index contributed by atoms with van der Waals surface area (Å²) in [7, 11) is 0. The molecule has 2 amide bonds. The molecule has 0 atom stereocenters. The minimum absolute atomic E-state index is 0.00457. The molecular weight excluding hydrogens is 262 g/mol. The molecule has 0 heterocycles. The summed E-state index contributed by atoms with van der Waals surface area (Å²) < 4.78 is 0. The highest BCUT2D eigenvalue weighted by Gasteiger charge is 2.29. The van der Waals surface area contributed by atoms with Crippen LogP contribution in [0.1, 0.15) is 23.2 Å². The zero-order valence-corrected chi connectivity index (χ0v) is 10.8. The predicted octanol–water partition coefficient (Wildman–Crippen LogP) is 0.851. The molecule has 2 rings (SSSR count). The lowest BCUT2D eigenvalue weighted by Crippen LogP contribution is -2.35. The number of amides is 2. The Hall–Kier alpha value is -2.44. The van der Waals surface area contributed by atoms with E-state index >= 15 is 0 Å². The molecule has 0 radical (unpaired) electrons. The number of hydrogen-bond donors (Lipinski definition) is 2. The first-order valence-electron chi connectivity index (χ1n) is 6.39. The molecule has 1 aliphatic rings. The van der Waals surface area contributed by atoms with Crippen LogP contribution in [0.4, 0.5) is 5.69 Å². The van der Waals surface area contributed by atoms with Crippen molar-refractivity contribution in [1.82, 2.24) is 10.6 Å². The topological polar surface area (TPSA) is 101 Å². The SMILES string of the molecule is O=C(NCCNC(=O)C1CC1)c1ccccc1[N+](=O)[O-]. The first-order chi connectivity index (χ1) is 9.59. The Balaban J connectivity index is 1.82. The van der Waals surface area contributed by atoms with Crippen molar-refractivity contribution in [2.75, 3.05) is 13.1 Å². The summed E-state index contributed by atoms with van der Waals surface area (Å²) >= 11 is 0. The van der Waals surface area contributed by atoms with Gasteiger partial charge in [0.05, 0.1) is 4.92 Å². The van der Waals surface area contributed by atoms with Crippen molar-refractivity contribution in [2.24, 2.45) is 5.92 Å². The van der Waals surface area contributed by atoms with Crippen molar-refractivity contribution in [3.63, 3.8) is 0 Å². The zero-order valence-electron chi connectivity index (χ0n) is 10.8. The number of carbonyl (C=O) groups is 2. The van der Waals surface area contributed by atoms with Crippen LogP contribution in [-0.4, -0.2) is 29.8 Å². The van der Waals surface area contributed by atoms with Crippen LogP contribution >= 0.6 is 0 Å². The Morgan fingerprint density at radius 1 is 1.20 bits per heavy atom. The molecule has 1 fully saturated rings. The molecule has 0 saturated heterocycles. The number of nitro benzene ring substituents is 1. The van der Waals surface area contributed by atoms with Gasteiger partial charge in [-0.2, -0.15) is 0 Å². The van der Waals surface area contributed by atoms with Gasteiger partial charge in [-0.05, 0) is 18.9 Å². The van der Waals surface area contributed by atoms with E-state index in [0.717, 1.165) is 12.8 Å². The number of rotatable bonds is 6. The van der Waals surface area contributed by atoms with Crippen molar-refractivity contribution in [3.05, 3.63) is 39.9 Å². The fraction of sp³-hybridized carbons (Fsp3) is 0.385. The third-order valence-electron chi connectivity index (χ3n) is 3.00. The van der Waals surface area contributed by atoms with Crippen molar-refractivity contribution in [1.29, 1.82) is 0 Å². The van der Waals surface area contributed by atoms with Crippen LogP contribution in [0.5, 0.6) is 0 Å². The lowest BCUT2D eigenvalue weighted by Gasteiger charge is -2.07. The van der Waals surface area contributed by atoms with Crippen LogP contribution in [0.2, 0.25) is 0 Å². The summed E-state index contributed by atoms with van der Waals surface area (Å²) in [4.78, 5) is 33.4. The molecule has 0 aromatic heterocycles. The fourth-order valence-corrected chi connectivity index (χ4v) is 1.77. The minimum Gasteiger partial charge on any atom is -0.354 e. The molecule has 7 heteroatoms. The number of hydrogen-bond acceptors (Lipinski definition) is 4. The van der Waals surface area contributed by atoms with Gasteiger partial charge in [-0.15, -0.1) is 0 Å². The largest absolute Gasteiger partial charge is 0.354 e. The van der Waals surface area contributed by atoms with Crippen molar-refractivity contribution >= 4 is 17.5 Å². The minimum atomic E-state index is -0.593. The van der Waals surface area contributed by atoms with E-state index in [1.165, 1.54) is 18.2 Å². The highest BCUT2D eigenvalue weighted by atomic mass is 16.6. The summed E-state index contributed by atoms with van der Waals surface area (Å²) in [6.45, 7) is 0.561. The maximum Gasteiger partial charge on any atom is 0.282 e. The normalized spacial score (nSPS) is 13.6. The van der Waals surface area contributed by atoms with E-state index in [9.17, 15) is 19.7 Å². The van der Waals surface area contributed by atoms with Gasteiger partial charge in [0.2, 0.25) is 5.91 Å². The Labute approximate surface area is 115 Å². The molecule has 0 unspecified atom stereocenters. The van der Waals surface area contributed by atoms with Crippen LogP contribution in [0.25, 0.3) is 0 Å². The molecular formula is C13H15N3O4. The van der Waals surface area contributed by atoms with Crippen LogP contribution in [0, 0.1) is 16.0 Å². The molecule has 7 nitrogen and oxygen atoms in total. The summed E-state index contributed by atoms with van der Waals surface area (Å²) in [6.07, 6.45) is 1.85. The Kier molecular flexibility index (Phi) is 4.29. The second kappa shape index (κ2) is 6.14. The van der Waals surface area contributed by atoms with E-state index in [4.69, 9.17) is 0 Å². The average molecular weight is 277 g/mol. The van der Waals surface area contributed by atoms with Crippen LogP contribution in [0.15, 0.2) is 24.3 Å². The Bertz CT molecular complexity index is 540. The monoisotopic (exact) mass is 277 g/mol. The summed E-state index contributed by atoms with van der Waals surface area (Å²) in [5, 5.41) is 16.0. The highest BCUT2D eigenvalue weighted by molar-refractivity contribution is 5.98. The number of nitrogens with zero attached hydrogens (tertiary/aromatic N) is 1. The quantitative estimate of drug-likeness (QED) is 0.457. The fourth-order valence-electron chi connectivity index (χ4n) is 1.77. The average Bonchev–Trinajstić information content (AvgIpc) is 3.27. The summed E-state index contributed by atoms with van der Waals surface area (Å²) in [5.74, 6) is -0.385. The molecule has 2 N–H and O–H groups in total. The van der Waals surface area contributed by atoms with Gasteiger partial charge in [0.1, 0.15) is 5.56 Å².